The molecule has 0 radical (unpaired) electrons. The number of oxazole rings is 2. The first-order valence-corrected chi connectivity index (χ1v) is 16.9. The number of fused-ring (bicyclic) bond motifs is 5. The van der Waals surface area contributed by atoms with E-state index in [-0.39, 0.29) is 11.8 Å². The largest absolute Gasteiger partial charge is 0.436 e. The van der Waals surface area contributed by atoms with Crippen molar-refractivity contribution in [3.05, 3.63) is 90.5 Å². The van der Waals surface area contributed by atoms with Gasteiger partial charge in [-0.3, -0.25) is 14.6 Å². The highest BCUT2D eigenvalue weighted by molar-refractivity contribution is 6.09. The zero-order chi connectivity index (χ0) is 34.6. The maximum atomic E-state index is 12.8. The number of nitrogens with one attached hydrogen (secondary N) is 2. The molecular weight excluding hydrogens is 630 g/mol. The monoisotopic (exact) mass is 665 g/mol. The van der Waals surface area contributed by atoms with Crippen molar-refractivity contribution in [1.29, 1.82) is 0 Å². The van der Waals surface area contributed by atoms with Crippen LogP contribution in [0.25, 0.3) is 56.1 Å². The molecule has 0 saturated heterocycles. The topological polar surface area (TPSA) is 149 Å². The van der Waals surface area contributed by atoms with Gasteiger partial charge in [-0.1, -0.05) is 26.7 Å². The number of anilines is 2. The smallest absolute Gasteiger partial charge is 0.235 e. The summed E-state index contributed by atoms with van der Waals surface area (Å²) in [6.07, 6.45) is 10.5. The van der Waals surface area contributed by atoms with Crippen LogP contribution in [0.1, 0.15) is 64.5 Å². The van der Waals surface area contributed by atoms with Gasteiger partial charge in [0.1, 0.15) is 11.0 Å². The van der Waals surface area contributed by atoms with Gasteiger partial charge in [-0.05, 0) is 80.3 Å². The molecule has 11 nitrogen and oxygen atoms in total. The second-order valence-corrected chi connectivity index (χ2v) is 13.4. The fraction of sp³-hybridized carbons (Fsp3) is 0.256. The molecule has 50 heavy (non-hydrogen) atoms. The maximum Gasteiger partial charge on any atom is 0.235 e. The summed E-state index contributed by atoms with van der Waals surface area (Å²) in [5.41, 5.74) is 7.86. The SMILES string of the molecule is CC1(C)C(=O)Nc2cc3oc(-c4ccnc5ncccc45)nc3cc21.CCCC1(CCC)C(=O)Nc2cc3oc(-c4ccncc4)nc3cc21. The number of pyridine rings is 3. The third-order valence-electron chi connectivity index (χ3n) is 9.77. The predicted molar refractivity (Wildman–Crippen MR) is 192 cm³/mol. The number of carbonyl (C=O) groups is 2. The maximum absolute atomic E-state index is 12.8. The van der Waals surface area contributed by atoms with E-state index in [0.717, 1.165) is 75.7 Å². The lowest BCUT2D eigenvalue weighted by Gasteiger charge is -2.26. The number of hydrogen-bond acceptors (Lipinski definition) is 9. The second-order valence-electron chi connectivity index (χ2n) is 13.4. The molecule has 9 rings (SSSR count). The Balaban J connectivity index is 0.000000144. The molecule has 2 aliphatic rings. The molecule has 2 amide bonds. The molecule has 250 valence electrons. The number of hydrogen-bond donors (Lipinski definition) is 2. The van der Waals surface area contributed by atoms with Crippen molar-refractivity contribution in [3.63, 3.8) is 0 Å². The fourth-order valence-electron chi connectivity index (χ4n) is 7.21. The Morgan fingerprint density at radius 3 is 2.04 bits per heavy atom. The van der Waals surface area contributed by atoms with Gasteiger partial charge in [0.15, 0.2) is 16.8 Å². The van der Waals surface area contributed by atoms with Crippen LogP contribution in [0.4, 0.5) is 11.4 Å². The molecule has 0 atom stereocenters. The van der Waals surface area contributed by atoms with Gasteiger partial charge in [-0.15, -0.1) is 0 Å². The van der Waals surface area contributed by atoms with E-state index in [0.29, 0.717) is 28.6 Å². The number of rotatable bonds is 6. The molecule has 7 aromatic rings. The average Bonchev–Trinajstić information content (AvgIpc) is 3.85. The van der Waals surface area contributed by atoms with Gasteiger partial charge in [0, 0.05) is 64.8 Å². The Morgan fingerprint density at radius 1 is 0.700 bits per heavy atom. The van der Waals surface area contributed by atoms with Crippen LogP contribution in [0.3, 0.4) is 0 Å². The molecule has 5 aromatic heterocycles. The highest BCUT2D eigenvalue weighted by Gasteiger charge is 2.45. The molecular formula is C39H35N7O4. The molecule has 0 fully saturated rings. The van der Waals surface area contributed by atoms with E-state index in [1.54, 1.807) is 24.8 Å². The lowest BCUT2D eigenvalue weighted by molar-refractivity contribution is -0.121. The Bertz CT molecular complexity index is 2440. The first kappa shape index (κ1) is 31.3. The van der Waals surface area contributed by atoms with Crippen molar-refractivity contribution in [1.82, 2.24) is 24.9 Å². The summed E-state index contributed by atoms with van der Waals surface area (Å²) < 4.78 is 11.9. The summed E-state index contributed by atoms with van der Waals surface area (Å²) in [5, 5.41) is 6.86. The summed E-state index contributed by atoms with van der Waals surface area (Å²) in [6.45, 7) is 8.06. The lowest BCUT2D eigenvalue weighted by Crippen LogP contribution is -2.34. The van der Waals surface area contributed by atoms with Crippen LogP contribution >= 0.6 is 0 Å². The number of benzene rings is 2. The number of carbonyl (C=O) groups excluding carboxylic acids is 2. The molecule has 0 unspecified atom stereocenters. The second kappa shape index (κ2) is 11.9. The van der Waals surface area contributed by atoms with Gasteiger partial charge in [-0.25, -0.2) is 19.9 Å². The number of nitrogens with zero attached hydrogens (tertiary/aromatic N) is 5. The minimum absolute atomic E-state index is 0.0124. The first-order chi connectivity index (χ1) is 24.2. The van der Waals surface area contributed by atoms with E-state index in [1.165, 1.54) is 0 Å². The van der Waals surface area contributed by atoms with Crippen LogP contribution in [-0.4, -0.2) is 36.7 Å². The minimum Gasteiger partial charge on any atom is -0.436 e. The van der Waals surface area contributed by atoms with Crippen molar-refractivity contribution >= 4 is 56.4 Å². The van der Waals surface area contributed by atoms with E-state index in [1.807, 2.05) is 68.4 Å². The zero-order valence-electron chi connectivity index (χ0n) is 28.2. The van der Waals surface area contributed by atoms with E-state index in [9.17, 15) is 9.59 Å². The Labute approximate surface area is 287 Å². The zero-order valence-corrected chi connectivity index (χ0v) is 28.2. The van der Waals surface area contributed by atoms with Gasteiger partial charge < -0.3 is 19.5 Å². The molecule has 11 heteroatoms. The summed E-state index contributed by atoms with van der Waals surface area (Å²) >= 11 is 0. The third-order valence-corrected chi connectivity index (χ3v) is 9.77. The van der Waals surface area contributed by atoms with Crippen LogP contribution in [0, 0.1) is 0 Å². The minimum atomic E-state index is -0.573. The van der Waals surface area contributed by atoms with E-state index in [4.69, 9.17) is 8.83 Å². The van der Waals surface area contributed by atoms with Gasteiger partial charge >= 0.3 is 0 Å². The molecule has 2 aromatic carbocycles. The van der Waals surface area contributed by atoms with Crippen LogP contribution in [-0.2, 0) is 20.4 Å². The van der Waals surface area contributed by atoms with Crippen molar-refractivity contribution in [2.24, 2.45) is 0 Å². The predicted octanol–water partition coefficient (Wildman–Crippen LogP) is 8.35. The van der Waals surface area contributed by atoms with Crippen molar-refractivity contribution < 1.29 is 18.4 Å². The van der Waals surface area contributed by atoms with Crippen LogP contribution in [0.15, 0.2) is 88.2 Å². The van der Waals surface area contributed by atoms with Crippen LogP contribution < -0.4 is 10.6 Å². The average molecular weight is 666 g/mol. The molecule has 0 spiro atoms. The van der Waals surface area contributed by atoms with Crippen LogP contribution in [0.5, 0.6) is 0 Å². The number of amides is 2. The third kappa shape index (κ3) is 4.99. The van der Waals surface area contributed by atoms with Crippen molar-refractivity contribution in [2.45, 2.75) is 64.2 Å². The Kier molecular flexibility index (Phi) is 7.43. The molecule has 2 aliphatic heterocycles. The van der Waals surface area contributed by atoms with E-state index >= 15 is 0 Å². The van der Waals surface area contributed by atoms with Crippen molar-refractivity contribution in [2.75, 3.05) is 10.6 Å². The summed E-state index contributed by atoms with van der Waals surface area (Å²) in [7, 11) is 0. The standard InChI is InChI=1S/C20H21N3O2.C19H14N4O2/c1-3-7-20(8-4-2)14-11-16-17(12-15(14)23-19(20)24)25-18(22-16)13-5-9-21-10-6-13;1-19(2)12-8-14-15(9-13(12)23-18(19)24)25-17(22-14)11-5-7-21-16-10(11)4-3-6-20-16/h5-6,9-12H,3-4,7-8H2,1-2H3,(H,23,24);3-9H,1-2H3,(H,23,24). The van der Waals surface area contributed by atoms with E-state index < -0.39 is 10.8 Å². The van der Waals surface area contributed by atoms with Gasteiger partial charge in [-0.2, -0.15) is 0 Å². The lowest BCUT2D eigenvalue weighted by atomic mass is 9.74. The molecule has 0 saturated carbocycles. The van der Waals surface area contributed by atoms with Crippen LogP contribution in [0.2, 0.25) is 0 Å². The number of aromatic nitrogens is 5. The Hall–Kier alpha value is -5.97. The quantitative estimate of drug-likeness (QED) is 0.179. The molecule has 2 N–H and O–H groups in total. The van der Waals surface area contributed by atoms with Crippen molar-refractivity contribution in [3.8, 4) is 22.9 Å². The summed E-state index contributed by atoms with van der Waals surface area (Å²) in [4.78, 5) is 46.7. The molecule has 0 aliphatic carbocycles. The fourth-order valence-corrected chi connectivity index (χ4v) is 7.21. The van der Waals surface area contributed by atoms with Gasteiger partial charge in [0.2, 0.25) is 23.6 Å². The Morgan fingerprint density at radius 2 is 1.32 bits per heavy atom. The highest BCUT2D eigenvalue weighted by Crippen LogP contribution is 2.46. The molecule has 0 bridgehead atoms. The summed E-state index contributed by atoms with van der Waals surface area (Å²) in [6, 6.07) is 17.1. The van der Waals surface area contributed by atoms with Gasteiger partial charge in [0.05, 0.1) is 10.8 Å². The highest BCUT2D eigenvalue weighted by atomic mass is 16.4. The normalized spacial score (nSPS) is 15.4. The van der Waals surface area contributed by atoms with E-state index in [2.05, 4.69) is 49.4 Å². The first-order valence-electron chi connectivity index (χ1n) is 16.9. The summed E-state index contributed by atoms with van der Waals surface area (Å²) in [5.74, 6) is 1.18. The molecule has 7 heterocycles. The van der Waals surface area contributed by atoms with Gasteiger partial charge in [0.25, 0.3) is 0 Å².